The molecule has 0 bridgehead atoms. The highest BCUT2D eigenvalue weighted by Crippen LogP contribution is 2.28. The lowest BCUT2D eigenvalue weighted by Gasteiger charge is -2.15. The number of alkyl halides is 1. The summed E-state index contributed by atoms with van der Waals surface area (Å²) in [7, 11) is 0. The number of thiophene rings is 1. The van der Waals surface area contributed by atoms with Crippen molar-refractivity contribution in [2.24, 2.45) is 0 Å². The summed E-state index contributed by atoms with van der Waals surface area (Å²) < 4.78 is 0. The summed E-state index contributed by atoms with van der Waals surface area (Å²) in [5.74, 6) is 0.0475. The fraction of sp³-hybridized carbons (Fsp3) is 0.318. The van der Waals surface area contributed by atoms with Crippen molar-refractivity contribution >= 4 is 45.8 Å². The van der Waals surface area contributed by atoms with Crippen molar-refractivity contribution in [3.8, 4) is 10.6 Å². The smallest absolute Gasteiger partial charge is 0.246 e. The van der Waals surface area contributed by atoms with Gasteiger partial charge in [-0.1, -0.05) is 13.8 Å². The van der Waals surface area contributed by atoms with Crippen molar-refractivity contribution in [2.45, 2.75) is 27.7 Å². The normalized spacial score (nSPS) is 10.1. The van der Waals surface area contributed by atoms with Gasteiger partial charge in [0, 0.05) is 48.2 Å². The molecular formula is C22H28ClN3OS. The van der Waals surface area contributed by atoms with Crippen LogP contribution in [-0.4, -0.2) is 40.2 Å². The molecule has 0 unspecified atom stereocenters. The first-order valence-electron chi connectivity index (χ1n) is 9.37. The first-order chi connectivity index (χ1) is 13.7. The Kier molecular flexibility index (Phi) is 11.1. The van der Waals surface area contributed by atoms with E-state index in [9.17, 15) is 4.79 Å². The molecule has 4 nitrogen and oxygen atoms in total. The van der Waals surface area contributed by atoms with E-state index < -0.39 is 0 Å². The molecule has 0 N–H and O–H groups in total. The van der Waals surface area contributed by atoms with Crippen LogP contribution in [0, 0.1) is 0 Å². The second-order valence-electron chi connectivity index (χ2n) is 5.31. The highest BCUT2D eigenvalue weighted by atomic mass is 35.5. The third kappa shape index (κ3) is 6.43. The first-order valence-corrected chi connectivity index (χ1v) is 10.9. The number of likely N-dealkylation sites (N-methyl/N-ethyl adjacent to an activating group) is 1. The average molecular weight is 418 g/mol. The SMILES string of the molecule is CC.CCN(CC)C(=O)/C=C/c1ccc(-c2ccc3cnccc3n2)s1.CCl. The van der Waals surface area contributed by atoms with Gasteiger partial charge in [0.15, 0.2) is 0 Å². The van der Waals surface area contributed by atoms with Crippen LogP contribution in [0.4, 0.5) is 0 Å². The zero-order chi connectivity index (χ0) is 20.9. The number of fused-ring (bicyclic) bond motifs is 1. The molecule has 0 spiro atoms. The minimum absolute atomic E-state index is 0.0475. The van der Waals surface area contributed by atoms with Gasteiger partial charge in [-0.25, -0.2) is 4.98 Å². The predicted octanol–water partition coefficient (Wildman–Crippen LogP) is 6.12. The molecule has 0 aliphatic carbocycles. The molecule has 150 valence electrons. The first kappa shape index (κ1) is 23.8. The van der Waals surface area contributed by atoms with Gasteiger partial charge in [0.05, 0.1) is 16.1 Å². The van der Waals surface area contributed by atoms with Crippen LogP contribution in [0.5, 0.6) is 0 Å². The molecule has 3 aromatic heterocycles. The van der Waals surface area contributed by atoms with E-state index >= 15 is 0 Å². The second kappa shape index (κ2) is 13.0. The fourth-order valence-electron chi connectivity index (χ4n) is 2.48. The van der Waals surface area contributed by atoms with Gasteiger partial charge in [-0.05, 0) is 50.3 Å². The zero-order valence-corrected chi connectivity index (χ0v) is 18.7. The summed E-state index contributed by atoms with van der Waals surface area (Å²) in [4.78, 5) is 24.7. The molecule has 3 aromatic rings. The number of halogens is 1. The Hall–Kier alpha value is -2.24. The van der Waals surface area contributed by atoms with E-state index in [-0.39, 0.29) is 5.91 Å². The second-order valence-corrected chi connectivity index (χ2v) is 6.43. The number of amides is 1. The van der Waals surface area contributed by atoms with Crippen LogP contribution < -0.4 is 0 Å². The number of rotatable bonds is 5. The highest BCUT2D eigenvalue weighted by molar-refractivity contribution is 7.16. The van der Waals surface area contributed by atoms with Crippen LogP contribution in [0.1, 0.15) is 32.6 Å². The van der Waals surface area contributed by atoms with Crippen LogP contribution in [0.3, 0.4) is 0 Å². The summed E-state index contributed by atoms with van der Waals surface area (Å²) in [6.45, 7) is 9.43. The fourth-order valence-corrected chi connectivity index (χ4v) is 3.36. The van der Waals surface area contributed by atoms with Crippen LogP contribution in [0.2, 0.25) is 0 Å². The molecule has 3 heterocycles. The summed E-state index contributed by atoms with van der Waals surface area (Å²) in [6, 6.07) is 10.0. The maximum Gasteiger partial charge on any atom is 0.246 e. The molecule has 0 aromatic carbocycles. The van der Waals surface area contributed by atoms with Crippen molar-refractivity contribution in [3.05, 3.63) is 53.7 Å². The van der Waals surface area contributed by atoms with Gasteiger partial charge >= 0.3 is 0 Å². The maximum absolute atomic E-state index is 12.0. The van der Waals surface area contributed by atoms with Gasteiger partial charge in [-0.2, -0.15) is 0 Å². The van der Waals surface area contributed by atoms with E-state index in [0.29, 0.717) is 0 Å². The van der Waals surface area contributed by atoms with Crippen molar-refractivity contribution < 1.29 is 4.79 Å². The molecule has 0 radical (unpaired) electrons. The molecule has 0 aliphatic rings. The van der Waals surface area contributed by atoms with Gasteiger partial charge < -0.3 is 4.90 Å². The predicted molar refractivity (Wildman–Crippen MR) is 123 cm³/mol. The largest absolute Gasteiger partial charge is 0.340 e. The van der Waals surface area contributed by atoms with E-state index in [2.05, 4.69) is 21.6 Å². The van der Waals surface area contributed by atoms with Gasteiger partial charge in [0.25, 0.3) is 0 Å². The lowest BCUT2D eigenvalue weighted by atomic mass is 10.2. The topological polar surface area (TPSA) is 46.1 Å². The Morgan fingerprint density at radius 1 is 1.11 bits per heavy atom. The van der Waals surface area contributed by atoms with Gasteiger partial charge in [0.2, 0.25) is 5.91 Å². The lowest BCUT2D eigenvalue weighted by molar-refractivity contribution is -0.125. The Morgan fingerprint density at radius 2 is 1.82 bits per heavy atom. The Labute approximate surface area is 176 Å². The highest BCUT2D eigenvalue weighted by Gasteiger charge is 2.07. The number of hydrogen-bond acceptors (Lipinski definition) is 4. The van der Waals surface area contributed by atoms with Crippen LogP contribution >= 0.6 is 22.9 Å². The summed E-state index contributed by atoms with van der Waals surface area (Å²) in [6.07, 6.45) is 8.55. The summed E-state index contributed by atoms with van der Waals surface area (Å²) >= 11 is 6.27. The van der Waals surface area contributed by atoms with Gasteiger partial charge in [-0.3, -0.25) is 9.78 Å². The van der Waals surface area contributed by atoms with Crippen molar-refractivity contribution in [1.82, 2.24) is 14.9 Å². The third-order valence-electron chi connectivity index (χ3n) is 3.83. The number of hydrogen-bond donors (Lipinski definition) is 0. The Balaban J connectivity index is 0.000000921. The maximum atomic E-state index is 12.0. The van der Waals surface area contributed by atoms with Gasteiger partial charge in [0.1, 0.15) is 0 Å². The molecule has 28 heavy (non-hydrogen) atoms. The van der Waals surface area contributed by atoms with E-state index in [4.69, 9.17) is 0 Å². The number of carbonyl (C=O) groups excluding carboxylic acids is 1. The number of nitrogens with zero attached hydrogens (tertiary/aromatic N) is 3. The molecule has 0 saturated heterocycles. The van der Waals surface area contributed by atoms with E-state index in [1.54, 1.807) is 28.5 Å². The molecule has 0 fully saturated rings. The molecule has 0 saturated carbocycles. The molecule has 1 amide bonds. The van der Waals surface area contributed by atoms with Crippen LogP contribution in [-0.2, 0) is 4.79 Å². The van der Waals surface area contributed by atoms with Crippen molar-refractivity contribution in [1.29, 1.82) is 0 Å². The monoisotopic (exact) mass is 417 g/mol. The molecule has 0 aliphatic heterocycles. The van der Waals surface area contributed by atoms with Crippen LogP contribution in [0.25, 0.3) is 27.6 Å². The number of aromatic nitrogens is 2. The number of pyridine rings is 2. The lowest BCUT2D eigenvalue weighted by Crippen LogP contribution is -2.28. The van der Waals surface area contributed by atoms with E-state index in [1.807, 2.05) is 70.3 Å². The minimum atomic E-state index is 0.0475. The van der Waals surface area contributed by atoms with E-state index in [0.717, 1.165) is 39.4 Å². The summed E-state index contributed by atoms with van der Waals surface area (Å²) in [5, 5.41) is 1.03. The van der Waals surface area contributed by atoms with Gasteiger partial charge in [-0.15, -0.1) is 22.9 Å². The molecule has 6 heteroatoms. The number of carbonyl (C=O) groups is 1. The Morgan fingerprint density at radius 3 is 2.50 bits per heavy atom. The quantitative estimate of drug-likeness (QED) is 0.371. The van der Waals surface area contributed by atoms with E-state index in [1.165, 1.54) is 6.38 Å². The third-order valence-corrected chi connectivity index (χ3v) is 4.91. The average Bonchev–Trinajstić information content (AvgIpc) is 3.25. The minimum Gasteiger partial charge on any atom is -0.340 e. The standard InChI is InChI=1S/C19H19N3OS.C2H6.CH3Cl/c1-3-22(4-2)19(23)10-7-15-6-9-18(24-15)17-8-5-14-13-20-12-11-16(14)21-17;2*1-2/h5-13H,3-4H2,1-2H3;1-2H3;1H3/b10-7+;;. The Bertz CT molecular complexity index is 888. The molecular weight excluding hydrogens is 390 g/mol. The molecule has 3 rings (SSSR count). The van der Waals surface area contributed by atoms with Crippen molar-refractivity contribution in [2.75, 3.05) is 19.5 Å². The van der Waals surface area contributed by atoms with Crippen molar-refractivity contribution in [3.63, 3.8) is 0 Å². The van der Waals surface area contributed by atoms with Crippen LogP contribution in [0.15, 0.2) is 48.8 Å². The summed E-state index contributed by atoms with van der Waals surface area (Å²) in [5.41, 5.74) is 1.87. The zero-order valence-electron chi connectivity index (χ0n) is 17.1. The molecule has 0 atom stereocenters.